The van der Waals surface area contributed by atoms with Crippen molar-refractivity contribution in [1.29, 1.82) is 0 Å². The molecular formula is C18H23ClFN3O4. The molecule has 2 amide bonds. The Labute approximate surface area is 161 Å². The van der Waals surface area contributed by atoms with Gasteiger partial charge in [-0.2, -0.15) is 0 Å². The van der Waals surface area contributed by atoms with E-state index in [4.69, 9.17) is 21.4 Å². The van der Waals surface area contributed by atoms with Gasteiger partial charge in [-0.1, -0.05) is 11.6 Å². The van der Waals surface area contributed by atoms with Crippen molar-refractivity contribution in [3.8, 4) is 0 Å². The number of nitrogens with zero attached hydrogens (tertiary/aromatic N) is 1. The van der Waals surface area contributed by atoms with Crippen LogP contribution in [-0.2, 0) is 9.53 Å². The molecule has 0 bridgehead atoms. The third-order valence-corrected chi connectivity index (χ3v) is 5.34. The minimum atomic E-state index is -0.787. The number of benzene rings is 1. The second kappa shape index (κ2) is 8.75. The molecule has 9 heteroatoms. The lowest BCUT2D eigenvalue weighted by atomic mass is 9.86. The Kier molecular flexibility index (Phi) is 6.38. The summed E-state index contributed by atoms with van der Waals surface area (Å²) in [4.78, 5) is 25.4. The molecule has 1 aliphatic heterocycles. The fourth-order valence-corrected chi connectivity index (χ4v) is 3.69. The quantitative estimate of drug-likeness (QED) is 0.723. The number of urea groups is 1. The maximum atomic E-state index is 14.0. The summed E-state index contributed by atoms with van der Waals surface area (Å²) in [6.45, 7) is 2.34. The highest BCUT2D eigenvalue weighted by Gasteiger charge is 2.27. The number of rotatable bonds is 4. The van der Waals surface area contributed by atoms with Crippen LogP contribution in [-0.4, -0.2) is 49.5 Å². The van der Waals surface area contributed by atoms with Gasteiger partial charge in [0.15, 0.2) is 0 Å². The molecule has 7 nitrogen and oxygen atoms in total. The molecule has 2 aliphatic rings. The molecule has 1 saturated carbocycles. The molecule has 1 saturated heterocycles. The van der Waals surface area contributed by atoms with Gasteiger partial charge >= 0.3 is 12.0 Å². The number of carboxylic acid groups (broad SMARTS) is 1. The van der Waals surface area contributed by atoms with E-state index >= 15 is 0 Å². The first-order valence-electron chi connectivity index (χ1n) is 9.06. The lowest BCUT2D eigenvalue weighted by molar-refractivity contribution is -0.142. The molecule has 2 fully saturated rings. The topological polar surface area (TPSA) is 90.9 Å². The Balaban J connectivity index is 1.65. The van der Waals surface area contributed by atoms with Crippen molar-refractivity contribution >= 4 is 35.0 Å². The largest absolute Gasteiger partial charge is 0.481 e. The fraction of sp³-hybridized carbons (Fsp3) is 0.556. The van der Waals surface area contributed by atoms with Crippen LogP contribution in [0.5, 0.6) is 0 Å². The van der Waals surface area contributed by atoms with Crippen LogP contribution in [0.3, 0.4) is 0 Å². The molecule has 1 aromatic carbocycles. The molecule has 0 unspecified atom stereocenters. The van der Waals surface area contributed by atoms with Gasteiger partial charge in [0.05, 0.1) is 35.5 Å². The van der Waals surface area contributed by atoms with E-state index in [-0.39, 0.29) is 17.0 Å². The number of halogens is 2. The van der Waals surface area contributed by atoms with Crippen molar-refractivity contribution in [2.24, 2.45) is 5.92 Å². The standard InChI is InChI=1S/C18H23ClFN3O4/c19-13-9-16(23-5-7-27-8-6-23)15(10-14(13)20)22-18(26)21-12-3-1-11(2-4-12)17(24)25/h9-12H,1-8H2,(H,24,25)(H2,21,22,26). The molecule has 0 aromatic heterocycles. The van der Waals surface area contributed by atoms with Gasteiger partial charge in [-0.05, 0) is 31.7 Å². The molecule has 1 aliphatic carbocycles. The number of aliphatic carboxylic acids is 1. The first-order valence-corrected chi connectivity index (χ1v) is 9.44. The number of morpholine rings is 1. The monoisotopic (exact) mass is 399 g/mol. The Morgan fingerprint density at radius 1 is 1.19 bits per heavy atom. The molecule has 1 heterocycles. The number of hydrogen-bond donors (Lipinski definition) is 3. The van der Waals surface area contributed by atoms with Gasteiger partial charge in [0.2, 0.25) is 0 Å². The second-order valence-corrected chi connectivity index (χ2v) is 7.28. The van der Waals surface area contributed by atoms with Crippen molar-refractivity contribution in [2.45, 2.75) is 31.7 Å². The highest BCUT2D eigenvalue weighted by molar-refractivity contribution is 6.31. The van der Waals surface area contributed by atoms with Crippen molar-refractivity contribution in [3.05, 3.63) is 23.0 Å². The normalized spacial score (nSPS) is 23.0. The zero-order valence-corrected chi connectivity index (χ0v) is 15.6. The van der Waals surface area contributed by atoms with Crippen LogP contribution in [0.4, 0.5) is 20.6 Å². The zero-order chi connectivity index (χ0) is 19.4. The summed E-state index contributed by atoms with van der Waals surface area (Å²) in [7, 11) is 0. The van der Waals surface area contributed by atoms with Gasteiger partial charge in [0.1, 0.15) is 5.82 Å². The maximum Gasteiger partial charge on any atom is 0.319 e. The Morgan fingerprint density at radius 2 is 1.85 bits per heavy atom. The van der Waals surface area contributed by atoms with Crippen LogP contribution in [0.1, 0.15) is 25.7 Å². The zero-order valence-electron chi connectivity index (χ0n) is 14.8. The first kappa shape index (κ1) is 19.7. The molecule has 1 aromatic rings. The summed E-state index contributed by atoms with van der Waals surface area (Å²) in [5.74, 6) is -1.74. The predicted octanol–water partition coefficient (Wildman–Crippen LogP) is 3.08. The van der Waals surface area contributed by atoms with E-state index in [1.54, 1.807) is 0 Å². The second-order valence-electron chi connectivity index (χ2n) is 6.87. The number of nitrogens with one attached hydrogen (secondary N) is 2. The SMILES string of the molecule is O=C(Nc1cc(F)c(Cl)cc1N1CCOCC1)NC1CCC(C(=O)O)CC1. The lowest BCUT2D eigenvalue weighted by Gasteiger charge is -2.31. The molecule has 0 spiro atoms. The van der Waals surface area contributed by atoms with E-state index in [1.165, 1.54) is 12.1 Å². The summed E-state index contributed by atoms with van der Waals surface area (Å²) < 4.78 is 19.3. The molecule has 27 heavy (non-hydrogen) atoms. The van der Waals surface area contributed by atoms with Crippen LogP contribution in [0.2, 0.25) is 5.02 Å². The number of hydrogen-bond acceptors (Lipinski definition) is 4. The van der Waals surface area contributed by atoms with Gasteiger partial charge in [-0.3, -0.25) is 4.79 Å². The van der Waals surface area contributed by atoms with Gasteiger partial charge in [0, 0.05) is 25.2 Å². The number of amides is 2. The molecule has 148 valence electrons. The van der Waals surface area contributed by atoms with Crippen molar-refractivity contribution in [1.82, 2.24) is 5.32 Å². The van der Waals surface area contributed by atoms with E-state index in [0.29, 0.717) is 63.4 Å². The minimum absolute atomic E-state index is 0.00515. The van der Waals surface area contributed by atoms with Gasteiger partial charge in [-0.15, -0.1) is 0 Å². The van der Waals surface area contributed by atoms with E-state index in [1.807, 2.05) is 4.90 Å². The maximum absolute atomic E-state index is 14.0. The number of ether oxygens (including phenoxy) is 1. The minimum Gasteiger partial charge on any atom is -0.481 e. The van der Waals surface area contributed by atoms with E-state index in [0.717, 1.165) is 0 Å². The van der Waals surface area contributed by atoms with Crippen molar-refractivity contribution < 1.29 is 23.8 Å². The van der Waals surface area contributed by atoms with Crippen molar-refractivity contribution in [3.63, 3.8) is 0 Å². The van der Waals surface area contributed by atoms with E-state index in [2.05, 4.69) is 10.6 Å². The third-order valence-electron chi connectivity index (χ3n) is 5.05. The smallest absolute Gasteiger partial charge is 0.319 e. The molecule has 3 rings (SSSR count). The Bertz CT molecular complexity index is 704. The average Bonchev–Trinajstić information content (AvgIpc) is 2.65. The van der Waals surface area contributed by atoms with Gasteiger partial charge < -0.3 is 25.4 Å². The number of carboxylic acids is 1. The molecule has 0 atom stereocenters. The number of carbonyl (C=O) groups is 2. The summed E-state index contributed by atoms with van der Waals surface area (Å²) in [5.41, 5.74) is 0.991. The van der Waals surface area contributed by atoms with Gasteiger partial charge in [-0.25, -0.2) is 9.18 Å². The summed E-state index contributed by atoms with van der Waals surface area (Å²) in [6, 6.07) is 2.19. The first-order chi connectivity index (χ1) is 12.9. The van der Waals surface area contributed by atoms with Crippen LogP contribution in [0.15, 0.2) is 12.1 Å². The molecular weight excluding hydrogens is 377 g/mol. The highest BCUT2D eigenvalue weighted by atomic mass is 35.5. The van der Waals surface area contributed by atoms with E-state index < -0.39 is 17.8 Å². The molecule has 3 N–H and O–H groups in total. The van der Waals surface area contributed by atoms with Crippen molar-refractivity contribution in [2.75, 3.05) is 36.5 Å². The predicted molar refractivity (Wildman–Crippen MR) is 100.0 cm³/mol. The number of anilines is 2. The number of carbonyl (C=O) groups excluding carboxylic acids is 1. The van der Waals surface area contributed by atoms with Crippen LogP contribution in [0.25, 0.3) is 0 Å². The average molecular weight is 400 g/mol. The Morgan fingerprint density at radius 3 is 2.48 bits per heavy atom. The summed E-state index contributed by atoms with van der Waals surface area (Å²) in [5, 5.41) is 14.6. The lowest BCUT2D eigenvalue weighted by Crippen LogP contribution is -2.41. The van der Waals surface area contributed by atoms with E-state index in [9.17, 15) is 14.0 Å². The highest BCUT2D eigenvalue weighted by Crippen LogP contribution is 2.32. The van der Waals surface area contributed by atoms with Crippen LogP contribution in [0, 0.1) is 11.7 Å². The summed E-state index contributed by atoms with van der Waals surface area (Å²) in [6.07, 6.45) is 2.29. The van der Waals surface area contributed by atoms with Gasteiger partial charge in [0.25, 0.3) is 0 Å². The fourth-order valence-electron chi connectivity index (χ4n) is 3.53. The third kappa shape index (κ3) is 5.01. The molecule has 0 radical (unpaired) electrons. The van der Waals surface area contributed by atoms with Crippen LogP contribution < -0.4 is 15.5 Å². The Hall–Kier alpha value is -2.06. The summed E-state index contributed by atoms with van der Waals surface area (Å²) >= 11 is 5.93. The van der Waals surface area contributed by atoms with Crippen LogP contribution >= 0.6 is 11.6 Å².